The van der Waals surface area contributed by atoms with Gasteiger partial charge in [-0.3, -0.25) is 10.1 Å². The van der Waals surface area contributed by atoms with E-state index in [0.717, 1.165) is 17.9 Å². The Morgan fingerprint density at radius 2 is 1.65 bits per heavy atom. The maximum Gasteiger partial charge on any atom is 0.257 e. The van der Waals surface area contributed by atoms with Gasteiger partial charge >= 0.3 is 0 Å². The first-order valence-electron chi connectivity index (χ1n) is 8.88. The van der Waals surface area contributed by atoms with Crippen LogP contribution in [0.15, 0.2) is 48.5 Å². The fraction of sp³-hybridized carbons (Fsp3) is 0.333. The van der Waals surface area contributed by atoms with Gasteiger partial charge in [-0.25, -0.2) is 0 Å². The highest BCUT2D eigenvalue weighted by atomic mass is 32.1. The Balaban J connectivity index is 1.91. The molecule has 26 heavy (non-hydrogen) atoms. The zero-order valence-electron chi connectivity index (χ0n) is 15.7. The highest BCUT2D eigenvalue weighted by Crippen LogP contribution is 2.20. The lowest BCUT2D eigenvalue weighted by molar-refractivity contribution is 0.0977. The van der Waals surface area contributed by atoms with Crippen LogP contribution in [0.4, 0.5) is 5.69 Å². The summed E-state index contributed by atoms with van der Waals surface area (Å²) in [7, 11) is 0. The molecule has 2 aromatic carbocycles. The molecule has 0 aliphatic carbocycles. The van der Waals surface area contributed by atoms with Gasteiger partial charge in [0, 0.05) is 11.3 Å². The fourth-order valence-corrected chi connectivity index (χ4v) is 2.64. The van der Waals surface area contributed by atoms with Crippen LogP contribution in [-0.2, 0) is 0 Å². The minimum absolute atomic E-state index is 0.0955. The molecular weight excluding hydrogens is 344 g/mol. The molecule has 0 fully saturated rings. The minimum Gasteiger partial charge on any atom is -0.491 e. The fourth-order valence-electron chi connectivity index (χ4n) is 2.43. The molecule has 0 radical (unpaired) electrons. The van der Waals surface area contributed by atoms with Crippen LogP contribution >= 0.6 is 12.2 Å². The van der Waals surface area contributed by atoms with Gasteiger partial charge in [-0.2, -0.15) is 0 Å². The second-order valence-electron chi connectivity index (χ2n) is 6.53. The average Bonchev–Trinajstić information content (AvgIpc) is 2.61. The number of anilines is 1. The molecule has 4 nitrogen and oxygen atoms in total. The zero-order chi connectivity index (χ0) is 19.1. The number of thiocarbonyl (C=S) groups is 1. The summed E-state index contributed by atoms with van der Waals surface area (Å²) in [4.78, 5) is 12.3. The minimum atomic E-state index is -0.255. The summed E-state index contributed by atoms with van der Waals surface area (Å²) >= 11 is 5.23. The van der Waals surface area contributed by atoms with E-state index in [1.165, 1.54) is 5.56 Å². The van der Waals surface area contributed by atoms with Crippen LogP contribution < -0.4 is 15.4 Å². The zero-order valence-corrected chi connectivity index (χ0v) is 16.5. The van der Waals surface area contributed by atoms with Crippen molar-refractivity contribution >= 4 is 28.9 Å². The van der Waals surface area contributed by atoms with Crippen molar-refractivity contribution in [1.29, 1.82) is 0 Å². The van der Waals surface area contributed by atoms with E-state index in [9.17, 15) is 4.79 Å². The standard InChI is InChI=1S/C21H26N2O2S/c1-5-15(4)16-6-10-18(11-7-16)22-21(26)23-20(24)17-8-12-19(13-9-17)25-14(2)3/h6-15H,5H2,1-4H3,(H2,22,23,24,26)/t15-/m0/s1. The Labute approximate surface area is 161 Å². The van der Waals surface area contributed by atoms with Crippen molar-refractivity contribution in [3.8, 4) is 5.75 Å². The van der Waals surface area contributed by atoms with E-state index in [2.05, 4.69) is 36.6 Å². The molecule has 0 aliphatic heterocycles. The van der Waals surface area contributed by atoms with Gasteiger partial charge in [-0.1, -0.05) is 26.0 Å². The Hall–Kier alpha value is -2.40. The van der Waals surface area contributed by atoms with Crippen LogP contribution in [0.25, 0.3) is 0 Å². The van der Waals surface area contributed by atoms with E-state index in [-0.39, 0.29) is 17.1 Å². The number of benzene rings is 2. The summed E-state index contributed by atoms with van der Waals surface area (Å²) in [5.41, 5.74) is 2.66. The van der Waals surface area contributed by atoms with Crippen molar-refractivity contribution in [3.63, 3.8) is 0 Å². The van der Waals surface area contributed by atoms with Crippen molar-refractivity contribution in [2.75, 3.05) is 5.32 Å². The third-order valence-electron chi connectivity index (χ3n) is 4.07. The average molecular weight is 371 g/mol. The van der Waals surface area contributed by atoms with Crippen molar-refractivity contribution in [2.24, 2.45) is 0 Å². The maximum absolute atomic E-state index is 12.3. The number of nitrogens with one attached hydrogen (secondary N) is 2. The molecule has 0 aromatic heterocycles. The largest absolute Gasteiger partial charge is 0.491 e. The van der Waals surface area contributed by atoms with Crippen LogP contribution in [-0.4, -0.2) is 17.1 Å². The van der Waals surface area contributed by atoms with Gasteiger partial charge in [0.1, 0.15) is 5.75 Å². The molecule has 0 saturated carbocycles. The van der Waals surface area contributed by atoms with Gasteiger partial charge in [0.05, 0.1) is 6.10 Å². The summed E-state index contributed by atoms with van der Waals surface area (Å²) in [5.74, 6) is 1.01. The molecule has 1 atom stereocenters. The first kappa shape index (κ1) is 19.9. The van der Waals surface area contributed by atoms with Gasteiger partial charge in [0.2, 0.25) is 0 Å². The van der Waals surface area contributed by atoms with Gasteiger partial charge in [-0.05, 0) is 80.4 Å². The molecule has 1 amide bonds. The predicted molar refractivity (Wildman–Crippen MR) is 111 cm³/mol. The summed E-state index contributed by atoms with van der Waals surface area (Å²) in [6.45, 7) is 8.29. The summed E-state index contributed by atoms with van der Waals surface area (Å²) < 4.78 is 5.57. The first-order chi connectivity index (χ1) is 12.4. The van der Waals surface area contributed by atoms with Crippen molar-refractivity contribution in [1.82, 2.24) is 5.32 Å². The second-order valence-corrected chi connectivity index (χ2v) is 6.94. The van der Waals surface area contributed by atoms with E-state index >= 15 is 0 Å². The van der Waals surface area contributed by atoms with Crippen LogP contribution in [0.2, 0.25) is 0 Å². The van der Waals surface area contributed by atoms with Gasteiger partial charge in [-0.15, -0.1) is 0 Å². The number of hydrogen-bond acceptors (Lipinski definition) is 3. The first-order valence-corrected chi connectivity index (χ1v) is 9.29. The van der Waals surface area contributed by atoms with Crippen LogP contribution in [0.5, 0.6) is 5.75 Å². The summed E-state index contributed by atoms with van der Waals surface area (Å²) in [6, 6.07) is 15.1. The molecule has 2 N–H and O–H groups in total. The molecule has 2 rings (SSSR count). The quantitative estimate of drug-likeness (QED) is 0.694. The number of ether oxygens (including phenoxy) is 1. The Morgan fingerprint density at radius 1 is 1.04 bits per heavy atom. The number of carbonyl (C=O) groups excluding carboxylic acids is 1. The summed E-state index contributed by atoms with van der Waals surface area (Å²) in [5, 5.41) is 6.01. The van der Waals surface area contributed by atoms with Gasteiger partial charge in [0.25, 0.3) is 5.91 Å². The van der Waals surface area contributed by atoms with E-state index in [4.69, 9.17) is 17.0 Å². The van der Waals surface area contributed by atoms with Crippen LogP contribution in [0.3, 0.4) is 0 Å². The normalized spacial score (nSPS) is 11.7. The number of amides is 1. The van der Waals surface area contributed by atoms with E-state index in [1.807, 2.05) is 26.0 Å². The monoisotopic (exact) mass is 370 g/mol. The predicted octanol–water partition coefficient (Wildman–Crippen LogP) is 5.11. The second kappa shape index (κ2) is 9.34. The number of hydrogen-bond donors (Lipinski definition) is 2. The number of rotatable bonds is 6. The van der Waals surface area contributed by atoms with Crippen LogP contribution in [0.1, 0.15) is 56.0 Å². The lowest BCUT2D eigenvalue weighted by atomic mass is 9.99. The van der Waals surface area contributed by atoms with E-state index in [0.29, 0.717) is 11.5 Å². The lowest BCUT2D eigenvalue weighted by Crippen LogP contribution is -2.34. The van der Waals surface area contributed by atoms with Gasteiger partial charge in [0.15, 0.2) is 5.11 Å². The molecule has 5 heteroatoms. The highest BCUT2D eigenvalue weighted by Gasteiger charge is 2.09. The topological polar surface area (TPSA) is 50.4 Å². The van der Waals surface area contributed by atoms with Gasteiger partial charge < -0.3 is 10.1 Å². The maximum atomic E-state index is 12.3. The number of carbonyl (C=O) groups is 1. The third-order valence-corrected chi connectivity index (χ3v) is 4.27. The Kier molecular flexibility index (Phi) is 7.16. The van der Waals surface area contributed by atoms with Crippen molar-refractivity contribution < 1.29 is 9.53 Å². The molecular formula is C21H26N2O2S. The SMILES string of the molecule is CC[C@H](C)c1ccc(NC(=S)NC(=O)c2ccc(OC(C)C)cc2)cc1. The molecule has 0 saturated heterocycles. The molecule has 0 unspecified atom stereocenters. The lowest BCUT2D eigenvalue weighted by Gasteiger charge is -2.13. The molecule has 2 aromatic rings. The highest BCUT2D eigenvalue weighted by molar-refractivity contribution is 7.80. The molecule has 0 aliphatic rings. The summed E-state index contributed by atoms with van der Waals surface area (Å²) in [6.07, 6.45) is 1.19. The van der Waals surface area contributed by atoms with E-state index < -0.39 is 0 Å². The van der Waals surface area contributed by atoms with E-state index in [1.54, 1.807) is 24.3 Å². The molecule has 138 valence electrons. The Morgan fingerprint density at radius 3 is 2.19 bits per heavy atom. The smallest absolute Gasteiger partial charge is 0.257 e. The Bertz CT molecular complexity index is 740. The molecule has 0 heterocycles. The van der Waals surface area contributed by atoms with Crippen molar-refractivity contribution in [2.45, 2.75) is 46.1 Å². The third kappa shape index (κ3) is 5.85. The molecule has 0 spiro atoms. The van der Waals surface area contributed by atoms with Crippen LogP contribution in [0, 0.1) is 0 Å². The molecule has 0 bridgehead atoms. The van der Waals surface area contributed by atoms with Crippen molar-refractivity contribution in [3.05, 3.63) is 59.7 Å².